The largest absolute Gasteiger partial charge is 0.497 e. The second-order valence-electron chi connectivity index (χ2n) is 9.23. The molecular formula is C27H26ClF5N2O5S. The molecule has 0 aliphatic carbocycles. The SMILES string of the molecule is COc1cc(NC(=C(O)N2CCc3ccc(S(F)(F)(F)(F)F)cc32)c2ccc(Cl)cc2)cc(OCCCC(=O)O)c1. The van der Waals surface area contributed by atoms with Gasteiger partial charge in [-0.2, -0.15) is 0 Å². The highest BCUT2D eigenvalue weighted by Crippen LogP contribution is 3.02. The second kappa shape index (κ2) is 10.5. The monoisotopic (exact) mass is 620 g/mol. The van der Waals surface area contributed by atoms with E-state index in [9.17, 15) is 29.3 Å². The van der Waals surface area contributed by atoms with E-state index in [2.05, 4.69) is 5.32 Å². The highest BCUT2D eigenvalue weighted by molar-refractivity contribution is 8.45. The summed E-state index contributed by atoms with van der Waals surface area (Å²) in [5.74, 6) is -0.812. The van der Waals surface area contributed by atoms with Crippen molar-refractivity contribution in [2.45, 2.75) is 24.2 Å². The number of aliphatic hydroxyl groups is 1. The summed E-state index contributed by atoms with van der Waals surface area (Å²) in [5, 5.41) is 23.7. The maximum absolute atomic E-state index is 13.6. The van der Waals surface area contributed by atoms with Crippen molar-refractivity contribution in [3.05, 3.63) is 82.7 Å². The van der Waals surface area contributed by atoms with E-state index in [0.29, 0.717) is 45.5 Å². The van der Waals surface area contributed by atoms with Crippen molar-refractivity contribution in [2.75, 3.05) is 30.5 Å². The Morgan fingerprint density at radius 2 is 1.68 bits per heavy atom. The Labute approximate surface area is 237 Å². The molecule has 0 atom stereocenters. The van der Waals surface area contributed by atoms with Gasteiger partial charge in [0, 0.05) is 53.1 Å². The first kappa shape index (κ1) is 30.1. The highest BCUT2D eigenvalue weighted by atomic mass is 35.5. The van der Waals surface area contributed by atoms with Gasteiger partial charge < -0.3 is 29.9 Å². The first-order valence-electron chi connectivity index (χ1n) is 12.2. The molecule has 4 rings (SSSR count). The van der Waals surface area contributed by atoms with E-state index < -0.39 is 27.0 Å². The average Bonchev–Trinajstić information content (AvgIpc) is 3.32. The van der Waals surface area contributed by atoms with Crippen LogP contribution in [0.15, 0.2) is 71.4 Å². The Kier molecular flexibility index (Phi) is 7.74. The quantitative estimate of drug-likeness (QED) is 0.112. The minimum atomic E-state index is -9.97. The number of hydrogen-bond acceptors (Lipinski definition) is 6. The van der Waals surface area contributed by atoms with Crippen LogP contribution >= 0.6 is 21.8 Å². The van der Waals surface area contributed by atoms with Crippen molar-refractivity contribution in [1.82, 2.24) is 0 Å². The van der Waals surface area contributed by atoms with Gasteiger partial charge in [0.1, 0.15) is 22.1 Å². The molecule has 0 unspecified atom stereocenters. The molecule has 0 saturated carbocycles. The molecular weight excluding hydrogens is 595 g/mol. The summed E-state index contributed by atoms with van der Waals surface area (Å²) in [7, 11) is -8.56. The third kappa shape index (κ3) is 7.47. The summed E-state index contributed by atoms with van der Waals surface area (Å²) in [6.45, 7) is 0.128. The van der Waals surface area contributed by atoms with Gasteiger partial charge in [0.2, 0.25) is 5.88 Å². The summed E-state index contributed by atoms with van der Waals surface area (Å²) in [6, 6.07) is 12.6. The Hall–Kier alpha value is -3.84. The third-order valence-electron chi connectivity index (χ3n) is 6.20. The fourth-order valence-corrected chi connectivity index (χ4v) is 5.02. The summed E-state index contributed by atoms with van der Waals surface area (Å²) in [6.07, 6.45) is 0.371. The van der Waals surface area contributed by atoms with Gasteiger partial charge in [-0.05, 0) is 42.7 Å². The Morgan fingerprint density at radius 1 is 1.00 bits per heavy atom. The van der Waals surface area contributed by atoms with Gasteiger partial charge in [0.15, 0.2) is 0 Å². The van der Waals surface area contributed by atoms with E-state index in [1.807, 2.05) is 0 Å². The second-order valence-corrected chi connectivity index (χ2v) is 12.1. The number of halogens is 6. The maximum atomic E-state index is 13.6. The van der Waals surface area contributed by atoms with E-state index in [1.165, 1.54) is 7.11 Å². The number of carboxylic acids is 1. The number of aliphatic carboxylic acids is 1. The van der Waals surface area contributed by atoms with Crippen molar-refractivity contribution in [3.63, 3.8) is 0 Å². The van der Waals surface area contributed by atoms with Crippen LogP contribution in [0.3, 0.4) is 0 Å². The van der Waals surface area contributed by atoms with Crippen LogP contribution in [0.2, 0.25) is 5.02 Å². The van der Waals surface area contributed by atoms with Gasteiger partial charge in [-0.1, -0.05) is 49.2 Å². The molecule has 0 saturated heterocycles. The minimum absolute atomic E-state index is 0.0275. The number of nitrogens with zero attached hydrogens (tertiary/aromatic N) is 1. The predicted molar refractivity (Wildman–Crippen MR) is 149 cm³/mol. The van der Waals surface area contributed by atoms with Crippen LogP contribution in [0.4, 0.5) is 30.8 Å². The molecule has 0 fully saturated rings. The summed E-state index contributed by atoms with van der Waals surface area (Å²) in [4.78, 5) is 9.85. The van der Waals surface area contributed by atoms with Crippen LogP contribution in [0.1, 0.15) is 24.0 Å². The number of nitrogens with one attached hydrogen (secondary N) is 1. The molecule has 7 nitrogen and oxygen atoms in total. The lowest BCUT2D eigenvalue weighted by Gasteiger charge is -2.40. The maximum Gasteiger partial charge on any atom is 0.310 e. The van der Waals surface area contributed by atoms with Crippen LogP contribution in [0, 0.1) is 0 Å². The fraction of sp³-hybridized carbons (Fsp3) is 0.222. The van der Waals surface area contributed by atoms with Crippen LogP contribution in [-0.2, 0) is 11.2 Å². The van der Waals surface area contributed by atoms with Gasteiger partial charge in [0.05, 0.1) is 13.7 Å². The van der Waals surface area contributed by atoms with Crippen LogP contribution in [0.25, 0.3) is 5.70 Å². The number of benzene rings is 3. The van der Waals surface area contributed by atoms with Crippen molar-refractivity contribution in [2.24, 2.45) is 0 Å². The molecule has 0 bridgehead atoms. The molecule has 0 aromatic heterocycles. The molecule has 1 aliphatic rings. The molecule has 222 valence electrons. The molecule has 0 radical (unpaired) electrons. The number of hydrogen-bond donors (Lipinski definition) is 3. The number of carboxylic acid groups (broad SMARTS) is 1. The van der Waals surface area contributed by atoms with Crippen molar-refractivity contribution >= 4 is 44.9 Å². The van der Waals surface area contributed by atoms with E-state index in [1.54, 1.807) is 42.5 Å². The molecule has 0 spiro atoms. The van der Waals surface area contributed by atoms with Crippen LogP contribution in [0.5, 0.6) is 11.5 Å². The first-order valence-corrected chi connectivity index (χ1v) is 14.5. The van der Waals surface area contributed by atoms with Crippen molar-refractivity contribution in [3.8, 4) is 11.5 Å². The lowest BCUT2D eigenvalue weighted by molar-refractivity contribution is -0.137. The predicted octanol–water partition coefficient (Wildman–Crippen LogP) is 8.61. The van der Waals surface area contributed by atoms with Gasteiger partial charge >= 0.3 is 16.2 Å². The zero-order valence-corrected chi connectivity index (χ0v) is 23.1. The molecule has 3 N–H and O–H groups in total. The average molecular weight is 621 g/mol. The lowest BCUT2D eigenvalue weighted by Crippen LogP contribution is -2.23. The van der Waals surface area contributed by atoms with Gasteiger partial charge in [-0.15, -0.1) is 0 Å². The Morgan fingerprint density at radius 3 is 2.32 bits per heavy atom. The number of carbonyl (C=O) groups is 1. The lowest BCUT2D eigenvalue weighted by atomic mass is 10.1. The van der Waals surface area contributed by atoms with E-state index in [4.69, 9.17) is 26.2 Å². The molecule has 1 aliphatic heterocycles. The van der Waals surface area contributed by atoms with Crippen LogP contribution < -0.4 is 19.7 Å². The number of methoxy groups -OCH3 is 1. The van der Waals surface area contributed by atoms with E-state index in [-0.39, 0.29) is 43.8 Å². The number of anilines is 2. The Balaban J connectivity index is 1.75. The van der Waals surface area contributed by atoms with Gasteiger partial charge in [-0.25, -0.2) is 0 Å². The normalized spacial score (nSPS) is 15.3. The molecule has 14 heteroatoms. The summed E-state index contributed by atoms with van der Waals surface area (Å²) < 4.78 is 78.9. The zero-order chi connectivity index (χ0) is 30.1. The molecule has 3 aromatic carbocycles. The highest BCUT2D eigenvalue weighted by Gasteiger charge is 2.65. The number of aliphatic hydroxyl groups excluding tert-OH is 1. The number of ether oxygens (including phenoxy) is 2. The first-order chi connectivity index (χ1) is 19.0. The molecule has 41 heavy (non-hydrogen) atoms. The van der Waals surface area contributed by atoms with Gasteiger partial charge in [0.25, 0.3) is 0 Å². The van der Waals surface area contributed by atoms with Crippen molar-refractivity contribution in [1.29, 1.82) is 0 Å². The fourth-order valence-electron chi connectivity index (χ4n) is 4.23. The summed E-state index contributed by atoms with van der Waals surface area (Å²) >= 11 is 6.02. The van der Waals surface area contributed by atoms with Crippen molar-refractivity contribution < 1.29 is 43.9 Å². The molecule has 3 aromatic rings. The third-order valence-corrected chi connectivity index (χ3v) is 7.60. The summed E-state index contributed by atoms with van der Waals surface area (Å²) in [5.41, 5.74) is 0.924. The smallest absolute Gasteiger partial charge is 0.310 e. The van der Waals surface area contributed by atoms with E-state index >= 15 is 0 Å². The van der Waals surface area contributed by atoms with E-state index in [0.717, 1.165) is 11.0 Å². The van der Waals surface area contributed by atoms with Gasteiger partial charge in [-0.3, -0.25) is 4.79 Å². The molecule has 1 heterocycles. The number of fused-ring (bicyclic) bond motifs is 1. The zero-order valence-electron chi connectivity index (χ0n) is 21.6. The topological polar surface area (TPSA) is 91.3 Å². The molecule has 0 amide bonds. The Bertz CT molecular complexity index is 1500. The standard InChI is InChI=1S/C27H26ClF5N2O5S/c1-39-21-13-20(14-22(15-21)40-12-2-3-25(36)37)34-26(18-4-7-19(28)8-5-18)27(38)35-11-10-17-6-9-23(16-24(17)35)41(29,30,31,32)33/h4-9,13-16,34,38H,2-3,10-12H2,1H3,(H,36,37). The minimum Gasteiger partial charge on any atom is -0.497 e. The number of rotatable bonds is 11. The van der Waals surface area contributed by atoms with Crippen LogP contribution in [-0.4, -0.2) is 36.4 Å².